The van der Waals surface area contributed by atoms with Gasteiger partial charge in [0, 0.05) is 27.8 Å². The number of phenolic OH excluding ortho intramolecular Hbond substituents is 1. The van der Waals surface area contributed by atoms with E-state index in [1.807, 2.05) is 97.1 Å². The van der Waals surface area contributed by atoms with E-state index < -0.39 is 0 Å². The lowest BCUT2D eigenvalue weighted by molar-refractivity contribution is 0.472. The molecular formula is C36H24O3. The highest BCUT2D eigenvalue weighted by Crippen LogP contribution is 2.48. The Morgan fingerprint density at radius 3 is 1.41 bits per heavy atom. The van der Waals surface area contributed by atoms with E-state index in [9.17, 15) is 5.11 Å². The molecule has 0 spiro atoms. The summed E-state index contributed by atoms with van der Waals surface area (Å²) in [4.78, 5) is 0. The molecule has 0 saturated carbocycles. The van der Waals surface area contributed by atoms with Crippen LogP contribution in [0.2, 0.25) is 0 Å². The summed E-state index contributed by atoms with van der Waals surface area (Å²) in [6, 6.07) is 46.0. The number of aromatic hydroxyl groups is 1. The van der Waals surface area contributed by atoms with Crippen LogP contribution < -0.4 is 9.47 Å². The van der Waals surface area contributed by atoms with Gasteiger partial charge in [0.15, 0.2) is 0 Å². The van der Waals surface area contributed by atoms with E-state index in [1.165, 1.54) is 0 Å². The van der Waals surface area contributed by atoms with Crippen molar-refractivity contribution in [3.8, 4) is 73.3 Å². The summed E-state index contributed by atoms with van der Waals surface area (Å²) in [5, 5.41) is 10.6. The van der Waals surface area contributed by atoms with Gasteiger partial charge < -0.3 is 14.6 Å². The first-order chi connectivity index (χ1) is 19.2. The Morgan fingerprint density at radius 2 is 0.795 bits per heavy atom. The molecule has 7 rings (SSSR count). The topological polar surface area (TPSA) is 38.7 Å². The van der Waals surface area contributed by atoms with E-state index >= 15 is 0 Å². The minimum Gasteiger partial charge on any atom is -0.507 e. The fraction of sp³-hybridized carbons (Fsp3) is 0. The number of benzene rings is 6. The number of hydrogen-bond acceptors (Lipinski definition) is 3. The maximum Gasteiger partial charge on any atom is 0.136 e. The van der Waals surface area contributed by atoms with Crippen molar-refractivity contribution >= 4 is 0 Å². The van der Waals surface area contributed by atoms with Crippen LogP contribution in [0.15, 0.2) is 140 Å². The zero-order valence-electron chi connectivity index (χ0n) is 21.0. The zero-order valence-corrected chi connectivity index (χ0v) is 21.0. The molecule has 1 aliphatic rings. The third-order valence-corrected chi connectivity index (χ3v) is 7.08. The molecule has 3 heteroatoms. The molecule has 186 valence electrons. The minimum atomic E-state index is 0.225. The lowest BCUT2D eigenvalue weighted by Crippen LogP contribution is -1.98. The van der Waals surface area contributed by atoms with Gasteiger partial charge in [-0.25, -0.2) is 0 Å². The Balaban J connectivity index is 1.49. The molecule has 1 N–H and O–H groups in total. The fourth-order valence-electron chi connectivity index (χ4n) is 5.15. The van der Waals surface area contributed by atoms with Crippen molar-refractivity contribution in [3.05, 3.63) is 140 Å². The van der Waals surface area contributed by atoms with Gasteiger partial charge >= 0.3 is 0 Å². The van der Waals surface area contributed by atoms with Gasteiger partial charge in [0.05, 0.1) is 0 Å². The van der Waals surface area contributed by atoms with Gasteiger partial charge in [0.1, 0.15) is 28.7 Å². The number of fused-ring (bicyclic) bond motifs is 6. The van der Waals surface area contributed by atoms with Crippen LogP contribution in [0, 0.1) is 0 Å². The van der Waals surface area contributed by atoms with Crippen LogP contribution >= 0.6 is 0 Å². The van der Waals surface area contributed by atoms with Crippen LogP contribution in [0.3, 0.4) is 0 Å². The molecule has 3 nitrogen and oxygen atoms in total. The van der Waals surface area contributed by atoms with E-state index in [0.29, 0.717) is 5.75 Å². The monoisotopic (exact) mass is 504 g/mol. The molecule has 0 fully saturated rings. The van der Waals surface area contributed by atoms with Gasteiger partial charge in [-0.1, -0.05) is 97.1 Å². The molecule has 1 aliphatic heterocycles. The van der Waals surface area contributed by atoms with Crippen molar-refractivity contribution in [1.82, 2.24) is 0 Å². The van der Waals surface area contributed by atoms with Crippen molar-refractivity contribution in [2.45, 2.75) is 0 Å². The van der Waals surface area contributed by atoms with E-state index in [2.05, 4.69) is 36.4 Å². The molecule has 39 heavy (non-hydrogen) atoms. The molecule has 0 radical (unpaired) electrons. The van der Waals surface area contributed by atoms with Crippen molar-refractivity contribution in [2.75, 3.05) is 0 Å². The second-order valence-electron chi connectivity index (χ2n) is 9.50. The first-order valence-electron chi connectivity index (χ1n) is 12.9. The van der Waals surface area contributed by atoms with Crippen molar-refractivity contribution in [1.29, 1.82) is 0 Å². The first kappa shape index (κ1) is 22.9. The quantitative estimate of drug-likeness (QED) is 0.255. The van der Waals surface area contributed by atoms with Crippen LogP contribution in [-0.2, 0) is 0 Å². The molecule has 0 bridgehead atoms. The first-order valence-corrected chi connectivity index (χ1v) is 12.9. The Morgan fingerprint density at radius 1 is 0.333 bits per heavy atom. The smallest absolute Gasteiger partial charge is 0.136 e. The summed E-state index contributed by atoms with van der Waals surface area (Å²) >= 11 is 0. The van der Waals surface area contributed by atoms with Gasteiger partial charge in [0.2, 0.25) is 0 Å². The molecule has 0 aliphatic carbocycles. The summed E-state index contributed by atoms with van der Waals surface area (Å²) < 4.78 is 13.4. The van der Waals surface area contributed by atoms with Crippen LogP contribution in [0.4, 0.5) is 0 Å². The maximum absolute atomic E-state index is 10.6. The third kappa shape index (κ3) is 4.20. The van der Waals surface area contributed by atoms with E-state index in [0.717, 1.165) is 61.8 Å². The number of para-hydroxylation sites is 3. The van der Waals surface area contributed by atoms with Gasteiger partial charge in [-0.3, -0.25) is 0 Å². The molecule has 6 aromatic carbocycles. The van der Waals surface area contributed by atoms with Crippen molar-refractivity contribution in [3.63, 3.8) is 0 Å². The normalized spacial score (nSPS) is 11.6. The standard InChI is InChI=1S/C36H24O3/c37-32-15-7-4-12-27(32)26-19-21-31-30-20-18-25(24-10-2-1-3-11-24)22-35(30)38-33-16-8-5-13-28(33)29-14-6-9-17-34(29)39-36(31)23-26/h1-23,37H. The SMILES string of the molecule is Oc1ccccc1-c1ccc2c(c1)Oc1ccccc1-c1ccccc1Oc1cc(-c3ccccc3)ccc1-2. The van der Waals surface area contributed by atoms with Gasteiger partial charge in [-0.2, -0.15) is 0 Å². The number of ether oxygens (including phenoxy) is 2. The summed E-state index contributed by atoms with van der Waals surface area (Å²) in [6.07, 6.45) is 0. The highest BCUT2D eigenvalue weighted by Gasteiger charge is 2.21. The lowest BCUT2D eigenvalue weighted by Gasteiger charge is -2.22. The molecule has 0 saturated heterocycles. The number of hydrogen-bond donors (Lipinski definition) is 1. The third-order valence-electron chi connectivity index (χ3n) is 7.08. The van der Waals surface area contributed by atoms with Gasteiger partial charge in [0.25, 0.3) is 0 Å². The van der Waals surface area contributed by atoms with Crippen LogP contribution in [0.5, 0.6) is 28.7 Å². The van der Waals surface area contributed by atoms with E-state index in [1.54, 1.807) is 6.07 Å². The highest BCUT2D eigenvalue weighted by molar-refractivity contribution is 5.85. The summed E-state index contributed by atoms with van der Waals surface area (Å²) in [7, 11) is 0. The molecule has 0 amide bonds. The predicted octanol–water partition coefficient (Wildman–Crippen LogP) is 9.96. The molecule has 6 aromatic rings. The Kier molecular flexibility index (Phi) is 5.60. The van der Waals surface area contributed by atoms with E-state index in [-0.39, 0.29) is 5.75 Å². The van der Waals surface area contributed by atoms with Crippen LogP contribution in [0.1, 0.15) is 0 Å². The molecule has 0 atom stereocenters. The summed E-state index contributed by atoms with van der Waals surface area (Å²) in [5.41, 5.74) is 7.50. The Hall–Kier alpha value is -5.28. The summed E-state index contributed by atoms with van der Waals surface area (Å²) in [6.45, 7) is 0. The molecule has 0 aromatic heterocycles. The van der Waals surface area contributed by atoms with Crippen LogP contribution in [0.25, 0.3) is 44.5 Å². The molecular weight excluding hydrogens is 480 g/mol. The minimum absolute atomic E-state index is 0.225. The Bertz CT molecular complexity index is 1820. The van der Waals surface area contributed by atoms with Crippen molar-refractivity contribution in [2.24, 2.45) is 0 Å². The van der Waals surface area contributed by atoms with Gasteiger partial charge in [-0.15, -0.1) is 0 Å². The van der Waals surface area contributed by atoms with E-state index in [4.69, 9.17) is 9.47 Å². The fourth-order valence-corrected chi connectivity index (χ4v) is 5.15. The Labute approximate surface area is 227 Å². The number of rotatable bonds is 2. The number of phenols is 1. The van der Waals surface area contributed by atoms with Gasteiger partial charge in [-0.05, 0) is 59.2 Å². The van der Waals surface area contributed by atoms with Crippen LogP contribution in [-0.4, -0.2) is 5.11 Å². The second-order valence-corrected chi connectivity index (χ2v) is 9.50. The summed E-state index contributed by atoms with van der Waals surface area (Å²) in [5.74, 6) is 3.13. The largest absolute Gasteiger partial charge is 0.507 e. The molecule has 1 heterocycles. The average molecular weight is 505 g/mol. The molecule has 0 unspecified atom stereocenters. The lowest BCUT2D eigenvalue weighted by atomic mass is 9.95. The predicted molar refractivity (Wildman–Crippen MR) is 156 cm³/mol. The maximum atomic E-state index is 10.6. The average Bonchev–Trinajstić information content (AvgIpc) is 2.99. The van der Waals surface area contributed by atoms with Crippen molar-refractivity contribution < 1.29 is 14.6 Å². The second kappa shape index (κ2) is 9.55. The highest BCUT2D eigenvalue weighted by atomic mass is 16.5. The zero-order chi connectivity index (χ0) is 26.2.